The Kier molecular flexibility index (Phi) is 1.78. The summed E-state index contributed by atoms with van der Waals surface area (Å²) in [6.45, 7) is 0. The molecule has 0 fully saturated rings. The number of aromatic amines is 1. The second kappa shape index (κ2) is 3.09. The molecule has 0 aliphatic rings. The van der Waals surface area contributed by atoms with Gasteiger partial charge in [0.25, 0.3) is 0 Å². The van der Waals surface area contributed by atoms with E-state index in [1.807, 2.05) is 30.3 Å². The van der Waals surface area contributed by atoms with Crippen LogP contribution in [0.25, 0.3) is 11.1 Å². The van der Waals surface area contributed by atoms with E-state index in [2.05, 4.69) is 10.1 Å². The van der Waals surface area contributed by atoms with Gasteiger partial charge in [-0.2, -0.15) is 0 Å². The van der Waals surface area contributed by atoms with Gasteiger partial charge in [-0.1, -0.05) is 6.07 Å². The second-order valence-electron chi connectivity index (χ2n) is 2.32. The zero-order valence-corrected chi connectivity index (χ0v) is 6.40. The first-order chi connectivity index (χ1) is 5.97. The lowest BCUT2D eigenvalue weighted by Gasteiger charge is -1.89. The Balaban J connectivity index is 2.83. The first-order valence-electron chi connectivity index (χ1n) is 3.67. The summed E-state index contributed by atoms with van der Waals surface area (Å²) < 4.78 is 5.18. The Morgan fingerprint density at radius 2 is 2.17 bits per heavy atom. The summed E-state index contributed by atoms with van der Waals surface area (Å²) in [7, 11) is 0. The molecule has 0 aliphatic carbocycles. The lowest BCUT2D eigenvalue weighted by atomic mass is 10.4. The van der Waals surface area contributed by atoms with Gasteiger partial charge in [0.05, 0.1) is 0 Å². The highest BCUT2D eigenvalue weighted by Gasteiger charge is 1.88. The molecule has 0 saturated carbocycles. The Labute approximate surface area is 69.3 Å². The van der Waals surface area contributed by atoms with E-state index in [-0.39, 0.29) is 0 Å². The third kappa shape index (κ3) is 1.29. The summed E-state index contributed by atoms with van der Waals surface area (Å²) in [5, 5.41) is 2.67. The predicted molar refractivity (Wildman–Crippen MR) is 46.0 cm³/mol. The van der Waals surface area contributed by atoms with E-state index < -0.39 is 0 Å². The van der Waals surface area contributed by atoms with Crippen molar-refractivity contribution in [2.75, 3.05) is 0 Å². The third-order valence-corrected chi connectivity index (χ3v) is 1.50. The van der Waals surface area contributed by atoms with Crippen LogP contribution in [-0.2, 0) is 0 Å². The number of fused-ring (bicyclic) bond motifs is 1. The van der Waals surface area contributed by atoms with Crippen LogP contribution < -0.4 is 0 Å². The van der Waals surface area contributed by atoms with Crippen molar-refractivity contribution in [3.63, 3.8) is 0 Å². The molecule has 0 unspecified atom stereocenters. The highest BCUT2D eigenvalue weighted by Crippen LogP contribution is 2.04. The lowest BCUT2D eigenvalue weighted by Crippen LogP contribution is -1.74. The smallest absolute Gasteiger partial charge is 0.180 e. The first-order valence-corrected chi connectivity index (χ1v) is 3.67. The van der Waals surface area contributed by atoms with E-state index in [1.54, 1.807) is 12.4 Å². The van der Waals surface area contributed by atoms with Crippen LogP contribution >= 0.6 is 0 Å². The van der Waals surface area contributed by atoms with Crippen molar-refractivity contribution in [2.45, 2.75) is 0 Å². The largest absolute Gasteiger partial charge is 0.380 e. The van der Waals surface area contributed by atoms with Crippen molar-refractivity contribution in [1.29, 1.82) is 0 Å². The van der Waals surface area contributed by atoms with Crippen LogP contribution in [0.5, 0.6) is 0 Å². The van der Waals surface area contributed by atoms with E-state index in [1.165, 1.54) is 0 Å². The molecule has 60 valence electrons. The van der Waals surface area contributed by atoms with E-state index in [0.29, 0.717) is 0 Å². The maximum absolute atomic E-state index is 5.18. The molecule has 1 N–H and O–H groups in total. The number of nitrogens with zero attached hydrogens (tertiary/aromatic N) is 1. The van der Waals surface area contributed by atoms with E-state index in [0.717, 1.165) is 11.1 Å². The van der Waals surface area contributed by atoms with Crippen molar-refractivity contribution >= 4 is 11.1 Å². The fourth-order valence-corrected chi connectivity index (χ4v) is 0.953. The summed E-state index contributed by atoms with van der Waals surface area (Å²) in [6.07, 6.45) is 3.45. The number of H-pyrrole nitrogens is 1. The molecular formula is C9H8N2O. The summed E-state index contributed by atoms with van der Waals surface area (Å²) in [5.74, 6) is 0. The van der Waals surface area contributed by atoms with Gasteiger partial charge in [0, 0.05) is 12.4 Å². The Hall–Kier alpha value is -1.77. The van der Waals surface area contributed by atoms with Gasteiger partial charge in [0.2, 0.25) is 0 Å². The molecule has 0 aliphatic heterocycles. The van der Waals surface area contributed by atoms with Crippen LogP contribution in [0.1, 0.15) is 0 Å². The minimum absolute atomic E-state index is 0.734. The zero-order valence-electron chi connectivity index (χ0n) is 6.40. The molecule has 0 saturated heterocycles. The SMILES string of the molecule is c1ccc2ncccc2o[nH]c1. The quantitative estimate of drug-likeness (QED) is 0.642. The first kappa shape index (κ1) is 6.91. The van der Waals surface area contributed by atoms with Gasteiger partial charge in [-0.15, -0.1) is 0 Å². The van der Waals surface area contributed by atoms with Crippen LogP contribution in [0, 0.1) is 0 Å². The summed E-state index contributed by atoms with van der Waals surface area (Å²) in [4.78, 5) is 4.14. The topological polar surface area (TPSA) is 41.8 Å². The lowest BCUT2D eigenvalue weighted by molar-refractivity contribution is 0.444. The van der Waals surface area contributed by atoms with Gasteiger partial charge in [-0.05, 0) is 24.3 Å². The van der Waals surface area contributed by atoms with Gasteiger partial charge in [-0.3, -0.25) is 4.98 Å². The van der Waals surface area contributed by atoms with Gasteiger partial charge in [0.1, 0.15) is 5.52 Å². The monoisotopic (exact) mass is 160 g/mol. The number of hydrogen-bond donors (Lipinski definition) is 1. The van der Waals surface area contributed by atoms with Crippen LogP contribution in [0.15, 0.2) is 47.2 Å². The van der Waals surface area contributed by atoms with E-state index in [9.17, 15) is 0 Å². The standard InChI is InChI=1S/C9H8N2O/c1-2-7-11-12-9-5-3-6-10-8(9)4-1/h1-7,11H. The Morgan fingerprint density at radius 3 is 3.17 bits per heavy atom. The van der Waals surface area contributed by atoms with Gasteiger partial charge in [0.15, 0.2) is 5.58 Å². The molecule has 3 heteroatoms. The normalized spacial score (nSPS) is 9.67. The number of pyridine rings is 1. The minimum atomic E-state index is 0.734. The van der Waals surface area contributed by atoms with Gasteiger partial charge in [-0.25, -0.2) is 5.16 Å². The second-order valence-corrected chi connectivity index (χ2v) is 2.32. The van der Waals surface area contributed by atoms with Crippen molar-refractivity contribution in [3.8, 4) is 0 Å². The molecule has 0 spiro atoms. The van der Waals surface area contributed by atoms with Crippen LogP contribution in [0.3, 0.4) is 0 Å². The van der Waals surface area contributed by atoms with Crippen molar-refractivity contribution in [3.05, 3.63) is 42.7 Å². The fourth-order valence-electron chi connectivity index (χ4n) is 0.953. The molecule has 3 nitrogen and oxygen atoms in total. The maximum atomic E-state index is 5.18. The highest BCUT2D eigenvalue weighted by molar-refractivity contribution is 5.69. The summed E-state index contributed by atoms with van der Waals surface area (Å²) >= 11 is 0. The van der Waals surface area contributed by atoms with Gasteiger partial charge >= 0.3 is 0 Å². The molecule has 0 bridgehead atoms. The molecule has 0 atom stereocenters. The number of rotatable bonds is 0. The third-order valence-electron chi connectivity index (χ3n) is 1.50. The Bertz CT molecular complexity index is 374. The average molecular weight is 160 g/mol. The Morgan fingerprint density at radius 1 is 1.17 bits per heavy atom. The highest BCUT2D eigenvalue weighted by atomic mass is 16.5. The number of nitrogens with one attached hydrogen (secondary N) is 1. The average Bonchev–Trinajstić information content (AvgIpc) is 2.06. The number of hydrogen-bond acceptors (Lipinski definition) is 2. The van der Waals surface area contributed by atoms with Crippen LogP contribution in [-0.4, -0.2) is 10.1 Å². The molecule has 2 heterocycles. The molecular weight excluding hydrogens is 152 g/mol. The van der Waals surface area contributed by atoms with Crippen LogP contribution in [0.2, 0.25) is 0 Å². The maximum Gasteiger partial charge on any atom is 0.180 e. The van der Waals surface area contributed by atoms with Crippen molar-refractivity contribution in [2.24, 2.45) is 0 Å². The van der Waals surface area contributed by atoms with Crippen molar-refractivity contribution < 1.29 is 4.52 Å². The van der Waals surface area contributed by atoms with E-state index in [4.69, 9.17) is 4.52 Å². The molecule has 2 aromatic heterocycles. The fraction of sp³-hybridized carbons (Fsp3) is 0. The van der Waals surface area contributed by atoms with Crippen molar-refractivity contribution in [1.82, 2.24) is 10.1 Å². The molecule has 0 amide bonds. The van der Waals surface area contributed by atoms with Gasteiger partial charge < -0.3 is 4.52 Å². The van der Waals surface area contributed by atoms with E-state index >= 15 is 0 Å². The summed E-state index contributed by atoms with van der Waals surface area (Å²) in [6, 6.07) is 9.34. The molecule has 2 rings (SSSR count). The summed E-state index contributed by atoms with van der Waals surface area (Å²) in [5.41, 5.74) is 1.56. The molecule has 0 radical (unpaired) electrons. The minimum Gasteiger partial charge on any atom is -0.380 e. The number of aromatic nitrogens is 2. The zero-order chi connectivity index (χ0) is 8.23. The van der Waals surface area contributed by atoms with Crippen LogP contribution in [0.4, 0.5) is 0 Å². The molecule has 0 aromatic carbocycles. The molecule has 12 heavy (non-hydrogen) atoms. The molecule has 2 aromatic rings. The predicted octanol–water partition coefficient (Wildman–Crippen LogP) is 2.28.